The largest absolute Gasteiger partial charge is 0.334 e. The highest BCUT2D eigenvalue weighted by molar-refractivity contribution is 7.88. The van der Waals surface area contributed by atoms with E-state index in [9.17, 15) is 17.6 Å². The van der Waals surface area contributed by atoms with E-state index in [1.54, 1.807) is 23.1 Å². The van der Waals surface area contributed by atoms with Crippen LogP contribution in [0.5, 0.6) is 0 Å². The van der Waals surface area contributed by atoms with Gasteiger partial charge in [0.25, 0.3) is 0 Å². The number of nitrogens with one attached hydrogen (secondary N) is 1. The molecule has 3 rings (SSSR count). The van der Waals surface area contributed by atoms with Crippen LogP contribution in [-0.2, 0) is 34.2 Å². The number of rotatable bonds is 7. The van der Waals surface area contributed by atoms with Crippen molar-refractivity contribution in [3.05, 3.63) is 71.0 Å². The van der Waals surface area contributed by atoms with Gasteiger partial charge in [-0.15, -0.1) is 0 Å². The zero-order valence-corrected chi connectivity index (χ0v) is 17.2. The first kappa shape index (κ1) is 21.4. The van der Waals surface area contributed by atoms with Crippen LogP contribution in [0.2, 0.25) is 0 Å². The molecule has 3 N–H and O–H groups in total. The summed E-state index contributed by atoms with van der Waals surface area (Å²) in [6, 6.07) is 13.4. The van der Waals surface area contributed by atoms with Crippen LogP contribution in [-0.4, -0.2) is 44.1 Å². The van der Waals surface area contributed by atoms with Crippen LogP contribution in [0.3, 0.4) is 0 Å². The minimum absolute atomic E-state index is 0.0614. The number of nitrogens with zero attached hydrogens (tertiary/aromatic N) is 1. The number of benzene rings is 2. The summed E-state index contributed by atoms with van der Waals surface area (Å²) in [5.74, 6) is -0.499. The zero-order valence-electron chi connectivity index (χ0n) is 16.3. The van der Waals surface area contributed by atoms with Gasteiger partial charge < -0.3 is 10.6 Å². The zero-order chi connectivity index (χ0) is 21.0. The van der Waals surface area contributed by atoms with Crippen LogP contribution >= 0.6 is 0 Å². The maximum atomic E-state index is 13.9. The van der Waals surface area contributed by atoms with Crippen molar-refractivity contribution >= 4 is 15.9 Å². The van der Waals surface area contributed by atoms with Crippen molar-refractivity contribution in [1.82, 2.24) is 9.62 Å². The molecule has 2 aromatic carbocycles. The van der Waals surface area contributed by atoms with Gasteiger partial charge in [0.05, 0.1) is 6.26 Å². The van der Waals surface area contributed by atoms with Crippen LogP contribution in [0.4, 0.5) is 4.39 Å². The van der Waals surface area contributed by atoms with Crippen molar-refractivity contribution in [3.63, 3.8) is 0 Å². The number of carbonyl (C=O) groups excluding carboxylic acids is 1. The second kappa shape index (κ2) is 9.02. The van der Waals surface area contributed by atoms with Gasteiger partial charge in [-0.05, 0) is 35.6 Å². The Morgan fingerprint density at radius 3 is 2.55 bits per heavy atom. The highest BCUT2D eigenvalue weighted by atomic mass is 32.2. The fraction of sp³-hybridized carbons (Fsp3) is 0.381. The van der Waals surface area contributed by atoms with Gasteiger partial charge >= 0.3 is 0 Å². The van der Waals surface area contributed by atoms with Crippen LogP contribution < -0.4 is 10.5 Å². The van der Waals surface area contributed by atoms with E-state index in [2.05, 4.69) is 4.72 Å². The standard InChI is InChI=1S/C21H26FN3O3S/c1-29(27,28)24-13-19-11-15-6-2-3-8-17(15)14-25(19)21(26)12-18(23)10-16-7-4-5-9-20(16)22/h2-9,18-19,24H,10-14,23H2,1H3/t18-,19+/m1/s1. The van der Waals surface area contributed by atoms with Crippen LogP contribution in [0.15, 0.2) is 48.5 Å². The van der Waals surface area contributed by atoms with Gasteiger partial charge in [-0.3, -0.25) is 4.79 Å². The molecule has 2 atom stereocenters. The minimum Gasteiger partial charge on any atom is -0.334 e. The molecule has 0 saturated carbocycles. The third-order valence-electron chi connectivity index (χ3n) is 5.13. The molecular formula is C21H26FN3O3S. The molecule has 0 aromatic heterocycles. The van der Waals surface area contributed by atoms with E-state index in [1.807, 2.05) is 24.3 Å². The van der Waals surface area contributed by atoms with Gasteiger partial charge in [0, 0.05) is 31.6 Å². The molecule has 1 aliphatic heterocycles. The summed E-state index contributed by atoms with van der Waals surface area (Å²) in [5, 5.41) is 0. The molecule has 1 aliphatic rings. The fourth-order valence-corrected chi connectivity index (χ4v) is 4.16. The van der Waals surface area contributed by atoms with Gasteiger partial charge in [-0.2, -0.15) is 0 Å². The van der Waals surface area contributed by atoms with Crippen molar-refractivity contribution in [1.29, 1.82) is 0 Å². The number of sulfonamides is 1. The molecule has 2 aromatic rings. The van der Waals surface area contributed by atoms with Crippen molar-refractivity contribution in [2.45, 2.75) is 37.9 Å². The molecule has 6 nitrogen and oxygen atoms in total. The average Bonchev–Trinajstić information content (AvgIpc) is 2.66. The molecule has 156 valence electrons. The smallest absolute Gasteiger partial charge is 0.224 e. The lowest BCUT2D eigenvalue weighted by Crippen LogP contribution is -2.51. The number of hydrogen-bond donors (Lipinski definition) is 2. The summed E-state index contributed by atoms with van der Waals surface area (Å²) >= 11 is 0. The van der Waals surface area contributed by atoms with Gasteiger partial charge in [0.1, 0.15) is 5.82 Å². The fourth-order valence-electron chi connectivity index (χ4n) is 3.67. The molecule has 0 radical (unpaired) electrons. The summed E-state index contributed by atoms with van der Waals surface area (Å²) in [7, 11) is -3.37. The Balaban J connectivity index is 1.72. The second-order valence-corrected chi connectivity index (χ2v) is 9.36. The van der Waals surface area contributed by atoms with Crippen molar-refractivity contribution in [2.24, 2.45) is 5.73 Å². The molecule has 0 saturated heterocycles. The Kier molecular flexibility index (Phi) is 6.66. The van der Waals surface area contributed by atoms with Crippen molar-refractivity contribution in [3.8, 4) is 0 Å². The number of halogens is 1. The van der Waals surface area contributed by atoms with E-state index in [-0.39, 0.29) is 37.2 Å². The lowest BCUT2D eigenvalue weighted by Gasteiger charge is -2.37. The Bertz CT molecular complexity index is 981. The van der Waals surface area contributed by atoms with E-state index in [0.717, 1.165) is 17.4 Å². The van der Waals surface area contributed by atoms with Gasteiger partial charge in [0.2, 0.25) is 15.9 Å². The van der Waals surface area contributed by atoms with Crippen LogP contribution in [0, 0.1) is 5.82 Å². The van der Waals surface area contributed by atoms with Crippen LogP contribution in [0.25, 0.3) is 0 Å². The summed E-state index contributed by atoms with van der Waals surface area (Å²) < 4.78 is 39.4. The molecule has 0 spiro atoms. The molecule has 8 heteroatoms. The summed E-state index contributed by atoms with van der Waals surface area (Å²) in [6.07, 6.45) is 1.98. The molecular weight excluding hydrogens is 393 g/mol. The first-order valence-corrected chi connectivity index (χ1v) is 11.4. The number of amides is 1. The highest BCUT2D eigenvalue weighted by Crippen LogP contribution is 2.24. The number of nitrogens with two attached hydrogens (primary N) is 1. The first-order chi connectivity index (χ1) is 13.7. The molecule has 0 fully saturated rings. The third kappa shape index (κ3) is 5.85. The molecule has 0 unspecified atom stereocenters. The highest BCUT2D eigenvalue weighted by Gasteiger charge is 2.30. The predicted octanol–water partition coefficient (Wildman–Crippen LogP) is 1.59. The lowest BCUT2D eigenvalue weighted by molar-refractivity contribution is -0.135. The Hall–Kier alpha value is -2.29. The third-order valence-corrected chi connectivity index (χ3v) is 5.82. The molecule has 1 amide bonds. The van der Waals surface area contributed by atoms with Crippen molar-refractivity contribution < 1.29 is 17.6 Å². The number of hydrogen-bond acceptors (Lipinski definition) is 4. The predicted molar refractivity (Wildman–Crippen MR) is 110 cm³/mol. The second-order valence-electron chi connectivity index (χ2n) is 7.53. The summed E-state index contributed by atoms with van der Waals surface area (Å²) in [4.78, 5) is 14.7. The topological polar surface area (TPSA) is 92.5 Å². The SMILES string of the molecule is CS(=O)(=O)NC[C@@H]1Cc2ccccc2CN1C(=O)C[C@H](N)Cc1ccccc1F. The van der Waals surface area contributed by atoms with Gasteiger partial charge in [0.15, 0.2) is 0 Å². The Morgan fingerprint density at radius 1 is 1.21 bits per heavy atom. The number of carbonyl (C=O) groups is 1. The van der Waals surface area contributed by atoms with Gasteiger partial charge in [-0.25, -0.2) is 17.5 Å². The van der Waals surface area contributed by atoms with E-state index >= 15 is 0 Å². The summed E-state index contributed by atoms with van der Waals surface area (Å²) in [5.41, 5.74) is 8.76. The lowest BCUT2D eigenvalue weighted by atomic mass is 9.93. The molecule has 0 aliphatic carbocycles. The van der Waals surface area contributed by atoms with E-state index in [0.29, 0.717) is 18.5 Å². The first-order valence-electron chi connectivity index (χ1n) is 9.53. The Labute approximate surface area is 171 Å². The molecule has 1 heterocycles. The van der Waals surface area contributed by atoms with Crippen LogP contribution in [0.1, 0.15) is 23.1 Å². The Morgan fingerprint density at radius 2 is 1.86 bits per heavy atom. The maximum Gasteiger partial charge on any atom is 0.224 e. The average molecular weight is 420 g/mol. The number of fused-ring (bicyclic) bond motifs is 1. The minimum atomic E-state index is -3.37. The van der Waals surface area contributed by atoms with E-state index in [4.69, 9.17) is 5.73 Å². The normalized spacial score (nSPS) is 17.6. The maximum absolute atomic E-state index is 13.9. The van der Waals surface area contributed by atoms with E-state index < -0.39 is 16.1 Å². The van der Waals surface area contributed by atoms with Crippen molar-refractivity contribution in [2.75, 3.05) is 12.8 Å². The molecule has 0 bridgehead atoms. The summed E-state index contributed by atoms with van der Waals surface area (Å²) in [6.45, 7) is 0.541. The van der Waals surface area contributed by atoms with E-state index in [1.165, 1.54) is 6.07 Å². The quantitative estimate of drug-likeness (QED) is 0.713. The monoisotopic (exact) mass is 419 g/mol. The molecule has 29 heavy (non-hydrogen) atoms. The van der Waals surface area contributed by atoms with Gasteiger partial charge in [-0.1, -0.05) is 42.5 Å².